The Balaban J connectivity index is 1.85. The van der Waals surface area contributed by atoms with Gasteiger partial charge < -0.3 is 9.64 Å². The summed E-state index contributed by atoms with van der Waals surface area (Å²) in [5.41, 5.74) is 3.72. The van der Waals surface area contributed by atoms with Crippen molar-refractivity contribution in [3.8, 4) is 5.69 Å². The molecule has 0 unspecified atom stereocenters. The summed E-state index contributed by atoms with van der Waals surface area (Å²) in [5, 5.41) is 4.98. The Labute approximate surface area is 167 Å². The highest BCUT2D eigenvalue weighted by Gasteiger charge is 2.35. The van der Waals surface area contributed by atoms with Gasteiger partial charge in [-0.3, -0.25) is 4.79 Å². The van der Waals surface area contributed by atoms with Crippen LogP contribution in [0.1, 0.15) is 32.1 Å². The molecule has 142 valence electrons. The molecular formula is C21H18ClN3O3. The monoisotopic (exact) mass is 395 g/mol. The molecule has 0 bridgehead atoms. The second-order valence-electron chi connectivity index (χ2n) is 6.60. The molecule has 0 spiro atoms. The molecule has 6 nitrogen and oxygen atoms in total. The molecule has 1 aliphatic rings. The Hall–Kier alpha value is -3.12. The Morgan fingerprint density at radius 3 is 2.36 bits per heavy atom. The van der Waals surface area contributed by atoms with E-state index in [4.69, 9.17) is 16.3 Å². The predicted octanol–water partition coefficient (Wildman–Crippen LogP) is 3.82. The number of ether oxygens (including phenoxy) is 1. The van der Waals surface area contributed by atoms with Gasteiger partial charge in [-0.25, -0.2) is 9.48 Å². The van der Waals surface area contributed by atoms with Crippen LogP contribution in [0, 0.1) is 6.92 Å². The summed E-state index contributed by atoms with van der Waals surface area (Å²) in [6.07, 6.45) is 0.507. The number of carbonyl (C=O) groups is 2. The first kappa shape index (κ1) is 18.3. The molecule has 0 saturated heterocycles. The number of rotatable bonds is 3. The quantitative estimate of drug-likeness (QED) is 0.632. The Morgan fingerprint density at radius 2 is 1.71 bits per heavy atom. The number of methoxy groups -OCH3 is 1. The fourth-order valence-corrected chi connectivity index (χ4v) is 3.49. The van der Waals surface area contributed by atoms with E-state index in [0.717, 1.165) is 11.3 Å². The van der Waals surface area contributed by atoms with Crippen LogP contribution in [0.5, 0.6) is 0 Å². The zero-order valence-electron chi connectivity index (χ0n) is 15.5. The molecule has 0 aliphatic carbocycles. The van der Waals surface area contributed by atoms with E-state index in [1.165, 1.54) is 11.8 Å². The van der Waals surface area contributed by atoms with Gasteiger partial charge in [0.05, 0.1) is 12.8 Å². The molecule has 1 aromatic heterocycles. The van der Waals surface area contributed by atoms with Crippen LogP contribution in [0.15, 0.2) is 48.5 Å². The number of anilines is 1. The molecular weight excluding hydrogens is 378 g/mol. The molecule has 1 aliphatic heterocycles. The van der Waals surface area contributed by atoms with Crippen LogP contribution in [-0.4, -0.2) is 35.3 Å². The van der Waals surface area contributed by atoms with Gasteiger partial charge in [0.1, 0.15) is 5.69 Å². The number of nitrogens with zero attached hydrogens (tertiary/aromatic N) is 3. The maximum atomic E-state index is 13.4. The number of hydrogen-bond donors (Lipinski definition) is 0. The average Bonchev–Trinajstić information content (AvgIpc) is 3.10. The van der Waals surface area contributed by atoms with Crippen molar-refractivity contribution in [2.45, 2.75) is 13.3 Å². The molecule has 2 heterocycles. The second kappa shape index (κ2) is 7.13. The molecule has 1 amide bonds. The van der Waals surface area contributed by atoms with Gasteiger partial charge in [-0.05, 0) is 49.7 Å². The van der Waals surface area contributed by atoms with E-state index in [-0.39, 0.29) is 11.6 Å². The van der Waals surface area contributed by atoms with Crippen molar-refractivity contribution >= 4 is 29.2 Å². The lowest BCUT2D eigenvalue weighted by molar-refractivity contribution is 0.0592. The molecule has 0 radical (unpaired) electrons. The third-order valence-corrected chi connectivity index (χ3v) is 5.06. The third-order valence-electron chi connectivity index (χ3n) is 4.81. The summed E-state index contributed by atoms with van der Waals surface area (Å²) in [6, 6.07) is 14.7. The number of esters is 1. The SMILES string of the molecule is COC(=O)c1nn(-c2ccc(Cl)cc2)c2c1CCN(c1ccc(C)cc1)C2=O. The molecule has 0 fully saturated rings. The number of carbonyl (C=O) groups excluding carboxylic acids is 2. The van der Waals surface area contributed by atoms with Crippen LogP contribution >= 0.6 is 11.6 Å². The first-order valence-electron chi connectivity index (χ1n) is 8.84. The van der Waals surface area contributed by atoms with E-state index in [9.17, 15) is 9.59 Å². The van der Waals surface area contributed by atoms with Gasteiger partial charge in [-0.2, -0.15) is 5.10 Å². The number of halogens is 1. The van der Waals surface area contributed by atoms with Gasteiger partial charge in [0.25, 0.3) is 5.91 Å². The normalized spacial score (nSPS) is 13.4. The number of amides is 1. The smallest absolute Gasteiger partial charge is 0.358 e. The van der Waals surface area contributed by atoms with E-state index < -0.39 is 5.97 Å². The van der Waals surface area contributed by atoms with Crippen molar-refractivity contribution in [2.24, 2.45) is 0 Å². The van der Waals surface area contributed by atoms with E-state index in [0.29, 0.717) is 34.9 Å². The minimum Gasteiger partial charge on any atom is -0.464 e. The Morgan fingerprint density at radius 1 is 1.07 bits per heavy atom. The van der Waals surface area contributed by atoms with Crippen LogP contribution in [-0.2, 0) is 11.2 Å². The van der Waals surface area contributed by atoms with Crippen molar-refractivity contribution < 1.29 is 14.3 Å². The minimum atomic E-state index is -0.555. The van der Waals surface area contributed by atoms with Crippen molar-refractivity contribution in [3.63, 3.8) is 0 Å². The Bertz CT molecular complexity index is 1060. The molecule has 7 heteroatoms. The van der Waals surface area contributed by atoms with Crippen LogP contribution in [0.3, 0.4) is 0 Å². The van der Waals surface area contributed by atoms with E-state index >= 15 is 0 Å². The molecule has 3 aromatic rings. The summed E-state index contributed by atoms with van der Waals surface area (Å²) < 4.78 is 6.37. The van der Waals surface area contributed by atoms with Gasteiger partial charge in [0, 0.05) is 22.8 Å². The lowest BCUT2D eigenvalue weighted by atomic mass is 10.0. The van der Waals surface area contributed by atoms with Gasteiger partial charge in [0.15, 0.2) is 5.69 Å². The van der Waals surface area contributed by atoms with Crippen molar-refractivity contribution in [3.05, 3.63) is 76.1 Å². The van der Waals surface area contributed by atoms with E-state index in [1.54, 1.807) is 29.2 Å². The first-order chi connectivity index (χ1) is 13.5. The van der Waals surface area contributed by atoms with Gasteiger partial charge in [0.2, 0.25) is 0 Å². The molecule has 0 N–H and O–H groups in total. The molecule has 0 saturated carbocycles. The molecule has 4 rings (SSSR count). The molecule has 0 atom stereocenters. The van der Waals surface area contributed by atoms with Gasteiger partial charge in [-0.1, -0.05) is 29.3 Å². The van der Waals surface area contributed by atoms with Crippen molar-refractivity contribution in [2.75, 3.05) is 18.6 Å². The number of aryl methyl sites for hydroxylation is 1. The summed E-state index contributed by atoms with van der Waals surface area (Å²) >= 11 is 5.99. The minimum absolute atomic E-state index is 0.171. The number of hydrogen-bond acceptors (Lipinski definition) is 4. The largest absolute Gasteiger partial charge is 0.464 e. The summed E-state index contributed by atoms with van der Waals surface area (Å²) in [7, 11) is 1.30. The number of benzene rings is 2. The molecule has 28 heavy (non-hydrogen) atoms. The topological polar surface area (TPSA) is 64.4 Å². The maximum Gasteiger partial charge on any atom is 0.358 e. The average molecular weight is 396 g/mol. The van der Waals surface area contributed by atoms with Crippen molar-refractivity contribution in [1.82, 2.24) is 9.78 Å². The van der Waals surface area contributed by atoms with Crippen LogP contribution in [0.25, 0.3) is 5.69 Å². The fraction of sp³-hybridized carbons (Fsp3) is 0.190. The highest BCUT2D eigenvalue weighted by Crippen LogP contribution is 2.29. The van der Waals surface area contributed by atoms with Gasteiger partial charge >= 0.3 is 5.97 Å². The van der Waals surface area contributed by atoms with Crippen LogP contribution in [0.4, 0.5) is 5.69 Å². The third kappa shape index (κ3) is 3.05. The zero-order chi connectivity index (χ0) is 19.8. The Kier molecular flexibility index (Phi) is 4.65. The number of aromatic nitrogens is 2. The van der Waals surface area contributed by atoms with Crippen molar-refractivity contribution in [1.29, 1.82) is 0 Å². The predicted molar refractivity (Wildman–Crippen MR) is 106 cm³/mol. The summed E-state index contributed by atoms with van der Waals surface area (Å²) in [6.45, 7) is 2.46. The molecule has 2 aromatic carbocycles. The highest BCUT2D eigenvalue weighted by atomic mass is 35.5. The number of fused-ring (bicyclic) bond motifs is 1. The first-order valence-corrected chi connectivity index (χ1v) is 9.22. The zero-order valence-corrected chi connectivity index (χ0v) is 16.2. The van der Waals surface area contributed by atoms with Crippen LogP contribution in [0.2, 0.25) is 5.02 Å². The van der Waals surface area contributed by atoms with E-state index in [1.807, 2.05) is 31.2 Å². The van der Waals surface area contributed by atoms with Crippen LogP contribution < -0.4 is 4.90 Å². The van der Waals surface area contributed by atoms with E-state index in [2.05, 4.69) is 5.10 Å². The lowest BCUT2D eigenvalue weighted by Crippen LogP contribution is -2.39. The fourth-order valence-electron chi connectivity index (χ4n) is 3.36. The summed E-state index contributed by atoms with van der Waals surface area (Å²) in [5.74, 6) is -0.761. The maximum absolute atomic E-state index is 13.4. The second-order valence-corrected chi connectivity index (χ2v) is 7.03. The van der Waals surface area contributed by atoms with Gasteiger partial charge in [-0.15, -0.1) is 0 Å². The standard InChI is InChI=1S/C21H18ClN3O3/c1-13-3-7-15(8-4-13)24-12-11-17-18(21(27)28-2)23-25(19(17)20(24)26)16-9-5-14(22)6-10-16/h3-10H,11-12H2,1-2H3. The highest BCUT2D eigenvalue weighted by molar-refractivity contribution is 6.30. The summed E-state index contributed by atoms with van der Waals surface area (Å²) in [4.78, 5) is 27.3. The lowest BCUT2D eigenvalue weighted by Gasteiger charge is -2.27.